The molecular formula is C36H29N3O5. The molecule has 1 N–H and O–H groups in total. The highest BCUT2D eigenvalue weighted by Crippen LogP contribution is 2.62. The highest BCUT2D eigenvalue weighted by Gasteiger charge is 2.70. The molecule has 4 aromatic rings. The average Bonchev–Trinajstić information content (AvgIpc) is 3.53. The monoisotopic (exact) mass is 583 g/mol. The minimum atomic E-state index is -1.46. The number of rotatable bonds is 7. The predicted octanol–water partition coefficient (Wildman–Crippen LogP) is 6.53. The van der Waals surface area contributed by atoms with Crippen LogP contribution >= 0.6 is 0 Å². The molecule has 0 bridgehead atoms. The lowest BCUT2D eigenvalue weighted by atomic mass is 9.62. The van der Waals surface area contributed by atoms with Crippen molar-refractivity contribution in [2.45, 2.75) is 37.3 Å². The summed E-state index contributed by atoms with van der Waals surface area (Å²) in [5, 5.41) is 14.7. The van der Waals surface area contributed by atoms with Crippen LogP contribution in [0.4, 0.5) is 11.4 Å². The van der Waals surface area contributed by atoms with Crippen molar-refractivity contribution in [1.29, 1.82) is 0 Å². The van der Waals surface area contributed by atoms with Crippen LogP contribution in [-0.4, -0.2) is 33.3 Å². The summed E-state index contributed by atoms with van der Waals surface area (Å²) in [6.45, 7) is 2.09. The van der Waals surface area contributed by atoms with Gasteiger partial charge in [0.2, 0.25) is 5.91 Å². The van der Waals surface area contributed by atoms with Crippen LogP contribution < -0.4 is 5.32 Å². The minimum absolute atomic E-state index is 0.107. The molecule has 3 aliphatic rings. The Labute approximate surface area is 254 Å². The molecule has 0 aromatic heterocycles. The summed E-state index contributed by atoms with van der Waals surface area (Å²) in [5.74, 6) is -2.29. The number of Topliss-reactive ketones (excluding diaryl/α,β-unsaturated/α-hetero) is 2. The van der Waals surface area contributed by atoms with Gasteiger partial charge in [0.05, 0.1) is 16.9 Å². The number of non-ortho nitro benzene ring substituents is 1. The Morgan fingerprint density at radius 3 is 2.43 bits per heavy atom. The van der Waals surface area contributed by atoms with Gasteiger partial charge in [-0.25, -0.2) is 0 Å². The summed E-state index contributed by atoms with van der Waals surface area (Å²) < 4.78 is 0. The number of nitro benzene ring substituents is 1. The van der Waals surface area contributed by atoms with Crippen LogP contribution in [0, 0.1) is 16.0 Å². The molecule has 1 spiro atoms. The lowest BCUT2D eigenvalue weighted by molar-refractivity contribution is -0.384. The number of anilines is 1. The molecule has 0 aliphatic carbocycles. The number of hydrogen-bond acceptors (Lipinski definition) is 6. The minimum Gasteiger partial charge on any atom is -0.358 e. The number of fused-ring (bicyclic) bond motifs is 6. The van der Waals surface area contributed by atoms with Crippen LogP contribution in [0.5, 0.6) is 0 Å². The Balaban J connectivity index is 1.50. The molecule has 1 saturated heterocycles. The number of ketones is 2. The molecule has 8 heteroatoms. The van der Waals surface area contributed by atoms with Gasteiger partial charge in [0, 0.05) is 35.1 Å². The van der Waals surface area contributed by atoms with Crippen molar-refractivity contribution in [1.82, 2.24) is 4.90 Å². The second-order valence-electron chi connectivity index (χ2n) is 11.6. The second kappa shape index (κ2) is 10.4. The number of nitro groups is 1. The highest BCUT2D eigenvalue weighted by molar-refractivity contribution is 6.16. The molecule has 1 fully saturated rings. The predicted molar refractivity (Wildman–Crippen MR) is 166 cm³/mol. The lowest BCUT2D eigenvalue weighted by Gasteiger charge is -2.38. The van der Waals surface area contributed by atoms with Crippen LogP contribution in [0.1, 0.15) is 62.4 Å². The van der Waals surface area contributed by atoms with Crippen molar-refractivity contribution in [3.8, 4) is 0 Å². The van der Waals surface area contributed by atoms with Gasteiger partial charge < -0.3 is 10.2 Å². The van der Waals surface area contributed by atoms with Crippen molar-refractivity contribution in [2.75, 3.05) is 5.32 Å². The van der Waals surface area contributed by atoms with E-state index >= 15 is 0 Å². The van der Waals surface area contributed by atoms with E-state index in [0.717, 1.165) is 29.5 Å². The van der Waals surface area contributed by atoms with Crippen LogP contribution in [0.15, 0.2) is 103 Å². The smallest absolute Gasteiger partial charge is 0.270 e. The molecule has 218 valence electrons. The van der Waals surface area contributed by atoms with Crippen LogP contribution in [-0.2, 0) is 16.6 Å². The maximum Gasteiger partial charge on any atom is 0.270 e. The fourth-order valence-corrected chi connectivity index (χ4v) is 7.42. The Hall–Kier alpha value is -5.37. The van der Waals surface area contributed by atoms with Crippen molar-refractivity contribution in [3.63, 3.8) is 0 Å². The van der Waals surface area contributed by atoms with Crippen LogP contribution in [0.2, 0.25) is 0 Å². The van der Waals surface area contributed by atoms with E-state index in [4.69, 9.17) is 0 Å². The largest absolute Gasteiger partial charge is 0.358 e. The number of nitrogens with one attached hydrogen (secondary N) is 1. The number of nitrogens with zero attached hydrogens (tertiary/aromatic N) is 2. The molecule has 0 saturated carbocycles. The van der Waals surface area contributed by atoms with Crippen molar-refractivity contribution in [3.05, 3.63) is 147 Å². The first-order valence-electron chi connectivity index (χ1n) is 14.7. The van der Waals surface area contributed by atoms with E-state index in [-0.39, 0.29) is 22.9 Å². The summed E-state index contributed by atoms with van der Waals surface area (Å²) in [5.41, 5.74) is 2.89. The van der Waals surface area contributed by atoms with E-state index < -0.39 is 34.1 Å². The molecular weight excluding hydrogens is 554 g/mol. The molecule has 3 aliphatic heterocycles. The van der Waals surface area contributed by atoms with E-state index in [1.54, 1.807) is 18.3 Å². The maximum absolute atomic E-state index is 14.9. The van der Waals surface area contributed by atoms with E-state index in [9.17, 15) is 24.5 Å². The van der Waals surface area contributed by atoms with Gasteiger partial charge in [-0.1, -0.05) is 92.2 Å². The Kier molecular flexibility index (Phi) is 6.50. The van der Waals surface area contributed by atoms with E-state index in [1.807, 2.05) is 71.6 Å². The number of aryl methyl sites for hydroxylation is 1. The van der Waals surface area contributed by atoms with E-state index in [0.29, 0.717) is 16.8 Å². The number of para-hydroxylation sites is 1. The van der Waals surface area contributed by atoms with Gasteiger partial charge in [-0.15, -0.1) is 0 Å². The summed E-state index contributed by atoms with van der Waals surface area (Å²) in [6.07, 6.45) is 5.50. The fraction of sp³-hybridized carbons (Fsp3) is 0.194. The van der Waals surface area contributed by atoms with Crippen LogP contribution in [0.3, 0.4) is 0 Å². The van der Waals surface area contributed by atoms with E-state index in [1.165, 1.54) is 24.3 Å². The quantitative estimate of drug-likeness (QED) is 0.151. The highest BCUT2D eigenvalue weighted by atomic mass is 16.6. The first-order valence-corrected chi connectivity index (χ1v) is 14.7. The summed E-state index contributed by atoms with van der Waals surface area (Å²) in [7, 11) is 0. The molecule has 0 radical (unpaired) electrons. The second-order valence-corrected chi connectivity index (χ2v) is 11.6. The Morgan fingerprint density at radius 1 is 0.909 bits per heavy atom. The third kappa shape index (κ3) is 3.94. The van der Waals surface area contributed by atoms with Crippen molar-refractivity contribution in [2.24, 2.45) is 5.92 Å². The number of amides is 1. The zero-order valence-corrected chi connectivity index (χ0v) is 24.0. The van der Waals surface area contributed by atoms with Crippen LogP contribution in [0.25, 0.3) is 6.08 Å². The SMILES string of the molecule is CCCc1ccc(C(=O)[C@@H]2[C@H](C(=O)c3cccc([N+](=O)[O-])c3)N3C=Cc4ccccc4[C@@H]3[C@]23C(=O)Nc2ccccc23)cc1. The van der Waals surface area contributed by atoms with Gasteiger partial charge in [-0.3, -0.25) is 24.5 Å². The number of benzene rings is 4. The summed E-state index contributed by atoms with van der Waals surface area (Å²) in [4.78, 5) is 57.0. The third-order valence-corrected chi connectivity index (χ3v) is 9.24. The van der Waals surface area contributed by atoms with Crippen molar-refractivity contribution < 1.29 is 19.3 Å². The fourth-order valence-electron chi connectivity index (χ4n) is 7.42. The summed E-state index contributed by atoms with van der Waals surface area (Å²) in [6, 6.07) is 26.2. The Bertz CT molecular complexity index is 1880. The van der Waals surface area contributed by atoms with Gasteiger partial charge in [-0.2, -0.15) is 0 Å². The number of hydrogen-bond donors (Lipinski definition) is 1. The first kappa shape index (κ1) is 27.5. The van der Waals surface area contributed by atoms with Crippen molar-refractivity contribution >= 4 is 34.9 Å². The average molecular weight is 584 g/mol. The zero-order chi connectivity index (χ0) is 30.6. The molecule has 1 amide bonds. The standard InChI is InChI=1S/C36H29N3O5/c1-2-8-22-15-17-24(18-16-22)32(40)30-31(33(41)25-10-7-11-26(21-25)39(43)44)38-20-19-23-9-3-4-12-27(23)34(38)36(30)28-13-5-6-14-29(28)37-35(36)42/h3-7,9-21,30-31,34H,2,8H2,1H3,(H,37,42)/t30-,31+,34+,36+/m0/s1. The van der Waals surface area contributed by atoms with Gasteiger partial charge in [0.25, 0.3) is 5.69 Å². The third-order valence-electron chi connectivity index (χ3n) is 9.24. The lowest BCUT2D eigenvalue weighted by Crippen LogP contribution is -2.49. The maximum atomic E-state index is 14.9. The number of carbonyl (C=O) groups is 3. The molecule has 8 nitrogen and oxygen atoms in total. The molecule has 4 aromatic carbocycles. The molecule has 4 atom stereocenters. The van der Waals surface area contributed by atoms with Gasteiger partial charge in [0.1, 0.15) is 11.5 Å². The Morgan fingerprint density at radius 2 is 1.66 bits per heavy atom. The van der Waals surface area contributed by atoms with Gasteiger partial charge in [0.15, 0.2) is 11.6 Å². The molecule has 44 heavy (non-hydrogen) atoms. The number of carbonyl (C=O) groups excluding carboxylic acids is 3. The first-order chi connectivity index (χ1) is 21.4. The van der Waals surface area contributed by atoms with E-state index in [2.05, 4.69) is 12.2 Å². The molecule has 0 unspecified atom stereocenters. The van der Waals surface area contributed by atoms with Gasteiger partial charge >= 0.3 is 0 Å². The topological polar surface area (TPSA) is 110 Å². The normalized spacial score (nSPS) is 22.7. The summed E-state index contributed by atoms with van der Waals surface area (Å²) >= 11 is 0. The molecule has 3 heterocycles. The van der Waals surface area contributed by atoms with Gasteiger partial charge in [-0.05, 0) is 40.8 Å². The molecule has 7 rings (SSSR count). The zero-order valence-electron chi connectivity index (χ0n) is 24.0.